The molecule has 0 spiro atoms. The van der Waals surface area contributed by atoms with Crippen LogP contribution in [0.1, 0.15) is 16.2 Å². The van der Waals surface area contributed by atoms with Crippen molar-refractivity contribution in [3.05, 3.63) is 84.2 Å². The molecule has 7 nitrogen and oxygen atoms in total. The van der Waals surface area contributed by atoms with Crippen LogP contribution in [0.5, 0.6) is 5.75 Å². The van der Waals surface area contributed by atoms with Crippen LogP contribution in [0.15, 0.2) is 67.0 Å². The van der Waals surface area contributed by atoms with Gasteiger partial charge in [0.2, 0.25) is 0 Å². The maximum absolute atomic E-state index is 13.1. The van der Waals surface area contributed by atoms with E-state index in [9.17, 15) is 9.18 Å². The van der Waals surface area contributed by atoms with Gasteiger partial charge < -0.3 is 10.1 Å². The molecule has 1 N–H and O–H groups in total. The Morgan fingerprint density at radius 2 is 1.68 bits per heavy atom. The van der Waals surface area contributed by atoms with Gasteiger partial charge >= 0.3 is 0 Å². The Hall–Kier alpha value is -4.07. The summed E-state index contributed by atoms with van der Waals surface area (Å²) in [5.74, 6) is 0.158. The monoisotopic (exact) mass is 417 g/mol. The van der Waals surface area contributed by atoms with Gasteiger partial charge in [0.1, 0.15) is 23.6 Å². The number of aryl methyl sites for hydroxylation is 1. The summed E-state index contributed by atoms with van der Waals surface area (Å²) in [5, 5.41) is 7.21. The number of halogens is 1. The fourth-order valence-electron chi connectivity index (χ4n) is 3.12. The highest BCUT2D eigenvalue weighted by molar-refractivity contribution is 5.93. The summed E-state index contributed by atoms with van der Waals surface area (Å²) in [6, 6.07) is 17.0. The number of ether oxygens (including phenoxy) is 1. The van der Waals surface area contributed by atoms with Gasteiger partial charge in [-0.25, -0.2) is 14.4 Å². The summed E-state index contributed by atoms with van der Waals surface area (Å²) < 4.78 is 19.8. The topological polar surface area (TPSA) is 81.9 Å². The molecule has 0 saturated heterocycles. The van der Waals surface area contributed by atoms with Crippen LogP contribution in [-0.4, -0.2) is 32.8 Å². The van der Waals surface area contributed by atoms with E-state index in [0.717, 1.165) is 22.6 Å². The number of benzene rings is 2. The third-order valence-electron chi connectivity index (χ3n) is 4.79. The second-order valence-electron chi connectivity index (χ2n) is 6.85. The average molecular weight is 417 g/mol. The molecule has 31 heavy (non-hydrogen) atoms. The molecule has 0 bridgehead atoms. The van der Waals surface area contributed by atoms with E-state index in [1.165, 1.54) is 23.1 Å². The standard InChI is InChI=1S/C23H20FN5O2/c1-29-22(12-21(28-29)16-3-7-17(24)8-4-16)23(30)25-13-18-11-20(27-14-26-18)15-5-9-19(31-2)10-6-15/h3-12,14H,13H2,1-2H3,(H,25,30). The highest BCUT2D eigenvalue weighted by Crippen LogP contribution is 2.21. The number of aromatic nitrogens is 4. The van der Waals surface area contributed by atoms with Crippen molar-refractivity contribution in [2.75, 3.05) is 7.11 Å². The lowest BCUT2D eigenvalue weighted by Gasteiger charge is -2.07. The molecule has 156 valence electrons. The van der Waals surface area contributed by atoms with Crippen molar-refractivity contribution < 1.29 is 13.9 Å². The number of hydrogen-bond acceptors (Lipinski definition) is 5. The lowest BCUT2D eigenvalue weighted by Crippen LogP contribution is -2.25. The predicted octanol–water partition coefficient (Wildman–Crippen LogP) is 3.62. The summed E-state index contributed by atoms with van der Waals surface area (Å²) in [6.45, 7) is 0.238. The zero-order valence-electron chi connectivity index (χ0n) is 17.0. The average Bonchev–Trinajstić information content (AvgIpc) is 3.20. The third-order valence-corrected chi connectivity index (χ3v) is 4.79. The first-order valence-corrected chi connectivity index (χ1v) is 9.57. The van der Waals surface area contributed by atoms with Gasteiger partial charge in [-0.2, -0.15) is 5.10 Å². The van der Waals surface area contributed by atoms with Crippen LogP contribution in [0.4, 0.5) is 4.39 Å². The molecule has 0 aliphatic carbocycles. The molecule has 0 aliphatic rings. The lowest BCUT2D eigenvalue weighted by atomic mass is 10.1. The Morgan fingerprint density at radius 1 is 1.00 bits per heavy atom. The molecule has 0 unspecified atom stereocenters. The Morgan fingerprint density at radius 3 is 2.39 bits per heavy atom. The molecule has 0 aliphatic heterocycles. The molecule has 2 aromatic heterocycles. The molecule has 0 atom stereocenters. The van der Waals surface area contributed by atoms with E-state index in [0.29, 0.717) is 17.1 Å². The number of amides is 1. The molecule has 0 radical (unpaired) electrons. The van der Waals surface area contributed by atoms with E-state index in [2.05, 4.69) is 20.4 Å². The molecule has 2 heterocycles. The van der Waals surface area contributed by atoms with E-state index in [-0.39, 0.29) is 18.3 Å². The summed E-state index contributed by atoms with van der Waals surface area (Å²) in [7, 11) is 3.31. The first-order valence-electron chi connectivity index (χ1n) is 9.57. The highest BCUT2D eigenvalue weighted by Gasteiger charge is 2.14. The Labute approximate surface area is 178 Å². The molecule has 0 fully saturated rings. The smallest absolute Gasteiger partial charge is 0.269 e. The quantitative estimate of drug-likeness (QED) is 0.518. The summed E-state index contributed by atoms with van der Waals surface area (Å²) in [4.78, 5) is 21.2. The van der Waals surface area contributed by atoms with Crippen LogP contribution < -0.4 is 10.1 Å². The SMILES string of the molecule is COc1ccc(-c2cc(CNC(=O)c3cc(-c4ccc(F)cc4)nn3C)ncn2)cc1. The van der Waals surface area contributed by atoms with E-state index >= 15 is 0 Å². The van der Waals surface area contributed by atoms with Crippen molar-refractivity contribution in [3.63, 3.8) is 0 Å². The minimum Gasteiger partial charge on any atom is -0.497 e. The van der Waals surface area contributed by atoms with Gasteiger partial charge in [-0.1, -0.05) is 0 Å². The van der Waals surface area contributed by atoms with E-state index in [4.69, 9.17) is 4.74 Å². The van der Waals surface area contributed by atoms with Crippen LogP contribution in [0.25, 0.3) is 22.5 Å². The zero-order valence-corrected chi connectivity index (χ0v) is 17.0. The van der Waals surface area contributed by atoms with Gasteiger partial charge in [0.05, 0.1) is 30.7 Å². The predicted molar refractivity (Wildman–Crippen MR) is 114 cm³/mol. The fraction of sp³-hybridized carbons (Fsp3) is 0.130. The third kappa shape index (κ3) is 4.58. The normalized spacial score (nSPS) is 10.7. The number of carbonyl (C=O) groups excluding carboxylic acids is 1. The van der Waals surface area contributed by atoms with Crippen LogP contribution in [0.2, 0.25) is 0 Å². The number of methoxy groups -OCH3 is 1. The minimum atomic E-state index is -0.323. The Balaban J connectivity index is 1.46. The number of nitrogens with one attached hydrogen (secondary N) is 1. The van der Waals surface area contributed by atoms with Gasteiger partial charge in [0.15, 0.2) is 0 Å². The first-order chi connectivity index (χ1) is 15.0. The number of hydrogen-bond donors (Lipinski definition) is 1. The highest BCUT2D eigenvalue weighted by atomic mass is 19.1. The number of carbonyl (C=O) groups is 1. The van der Waals surface area contributed by atoms with Crippen LogP contribution in [0.3, 0.4) is 0 Å². The van der Waals surface area contributed by atoms with Crippen molar-refractivity contribution in [1.29, 1.82) is 0 Å². The second-order valence-corrected chi connectivity index (χ2v) is 6.85. The van der Waals surface area contributed by atoms with Gasteiger partial charge in [-0.15, -0.1) is 0 Å². The molecule has 4 aromatic rings. The number of rotatable bonds is 6. The van der Waals surface area contributed by atoms with Gasteiger partial charge in [-0.05, 0) is 60.7 Å². The molecule has 8 heteroatoms. The number of nitrogens with zero attached hydrogens (tertiary/aromatic N) is 4. The van der Waals surface area contributed by atoms with Crippen molar-refractivity contribution in [1.82, 2.24) is 25.1 Å². The van der Waals surface area contributed by atoms with E-state index in [1.54, 1.807) is 32.4 Å². The maximum atomic E-state index is 13.1. The molecular formula is C23H20FN5O2. The first kappa shape index (κ1) is 20.2. The molecule has 2 aromatic carbocycles. The van der Waals surface area contributed by atoms with E-state index in [1.807, 2.05) is 30.3 Å². The molecule has 4 rings (SSSR count). The molecule has 1 amide bonds. The summed E-state index contributed by atoms with van der Waals surface area (Å²) >= 11 is 0. The van der Waals surface area contributed by atoms with Crippen molar-refractivity contribution in [2.45, 2.75) is 6.54 Å². The van der Waals surface area contributed by atoms with Crippen molar-refractivity contribution in [3.8, 4) is 28.3 Å². The lowest BCUT2D eigenvalue weighted by molar-refractivity contribution is 0.0941. The van der Waals surface area contributed by atoms with Crippen molar-refractivity contribution >= 4 is 5.91 Å². The van der Waals surface area contributed by atoms with Gasteiger partial charge in [-0.3, -0.25) is 9.48 Å². The van der Waals surface area contributed by atoms with Crippen molar-refractivity contribution in [2.24, 2.45) is 7.05 Å². The van der Waals surface area contributed by atoms with Gasteiger partial charge in [0.25, 0.3) is 5.91 Å². The minimum absolute atomic E-state index is 0.238. The second kappa shape index (κ2) is 8.74. The van der Waals surface area contributed by atoms with Crippen LogP contribution in [0, 0.1) is 5.82 Å². The molecular weight excluding hydrogens is 397 g/mol. The van der Waals surface area contributed by atoms with Gasteiger partial charge in [0, 0.05) is 18.2 Å². The molecule has 0 saturated carbocycles. The summed E-state index contributed by atoms with van der Waals surface area (Å²) in [6.07, 6.45) is 1.47. The Kier molecular flexibility index (Phi) is 5.70. The van der Waals surface area contributed by atoms with Crippen LogP contribution in [-0.2, 0) is 13.6 Å². The Bertz CT molecular complexity index is 1200. The van der Waals surface area contributed by atoms with E-state index < -0.39 is 0 Å². The zero-order chi connectivity index (χ0) is 21.8. The fourth-order valence-corrected chi connectivity index (χ4v) is 3.12. The van der Waals surface area contributed by atoms with Crippen LogP contribution >= 0.6 is 0 Å². The summed E-state index contributed by atoms with van der Waals surface area (Å²) in [5.41, 5.74) is 4.07. The largest absolute Gasteiger partial charge is 0.497 e. The maximum Gasteiger partial charge on any atom is 0.269 e.